The van der Waals surface area contributed by atoms with Crippen LogP contribution in [0.25, 0.3) is 0 Å². The lowest BCUT2D eigenvalue weighted by molar-refractivity contribution is -0.384. The van der Waals surface area contributed by atoms with Gasteiger partial charge in [0.15, 0.2) is 0 Å². The Kier molecular flexibility index (Phi) is 5.52. The average molecular weight is 343 g/mol. The van der Waals surface area contributed by atoms with Crippen molar-refractivity contribution in [2.75, 3.05) is 0 Å². The Labute approximate surface area is 146 Å². The van der Waals surface area contributed by atoms with Crippen LogP contribution in [-0.4, -0.2) is 16.6 Å². The number of carbonyl (C=O) groups excluding carboxylic acids is 1. The molecule has 0 aliphatic heterocycles. The molecule has 7 nitrogen and oxygen atoms in total. The van der Waals surface area contributed by atoms with Gasteiger partial charge in [-0.1, -0.05) is 25.9 Å². The summed E-state index contributed by atoms with van der Waals surface area (Å²) in [5.74, 6) is -0.638. The predicted octanol–water partition coefficient (Wildman–Crippen LogP) is 4.09. The quantitative estimate of drug-likeness (QED) is 0.467. The van der Waals surface area contributed by atoms with Crippen LogP contribution in [0.1, 0.15) is 50.4 Å². The van der Waals surface area contributed by atoms with E-state index in [1.807, 2.05) is 0 Å². The van der Waals surface area contributed by atoms with Gasteiger partial charge in [0.2, 0.25) is 0 Å². The molecule has 1 aromatic rings. The largest absolute Gasteiger partial charge is 0.365 e. The highest BCUT2D eigenvalue weighted by molar-refractivity contribution is 5.92. The molecule has 0 spiro atoms. The van der Waals surface area contributed by atoms with Crippen LogP contribution in [-0.2, 0) is 4.84 Å². The van der Waals surface area contributed by atoms with Crippen LogP contribution in [0.2, 0.25) is 0 Å². The maximum Gasteiger partial charge on any atom is 0.365 e. The number of hydrogen-bond donors (Lipinski definition) is 0. The third kappa shape index (κ3) is 4.63. The smallest absolute Gasteiger partial charge is 0.313 e. The Balaban J connectivity index is 2.04. The second-order valence-electron chi connectivity index (χ2n) is 7.28. The number of rotatable bonds is 3. The van der Waals surface area contributed by atoms with Crippen molar-refractivity contribution in [2.24, 2.45) is 22.4 Å². The second-order valence-corrected chi connectivity index (χ2v) is 7.28. The molecule has 0 radical (unpaired) electrons. The Bertz CT molecular complexity index is 726. The summed E-state index contributed by atoms with van der Waals surface area (Å²) in [7, 11) is 0. The zero-order chi connectivity index (χ0) is 18.6. The van der Waals surface area contributed by atoms with Gasteiger partial charge in [-0.2, -0.15) is 5.26 Å². The summed E-state index contributed by atoms with van der Waals surface area (Å²) >= 11 is 0. The van der Waals surface area contributed by atoms with Gasteiger partial charge in [0.1, 0.15) is 0 Å². The van der Waals surface area contributed by atoms with Gasteiger partial charge in [-0.15, -0.1) is 0 Å². The molecule has 2 rings (SSSR count). The number of nitrogens with zero attached hydrogens (tertiary/aromatic N) is 3. The first kappa shape index (κ1) is 18.6. The van der Waals surface area contributed by atoms with Crippen molar-refractivity contribution in [1.82, 2.24) is 0 Å². The summed E-state index contributed by atoms with van der Waals surface area (Å²) in [6, 6.07) is 7.34. The van der Waals surface area contributed by atoms with Gasteiger partial charge in [-0.05, 0) is 42.7 Å². The van der Waals surface area contributed by atoms with Gasteiger partial charge in [0.25, 0.3) is 5.69 Å². The summed E-state index contributed by atoms with van der Waals surface area (Å²) in [5.41, 5.74) is 0.772. The Morgan fingerprint density at radius 1 is 1.36 bits per heavy atom. The molecule has 1 aliphatic rings. The first-order chi connectivity index (χ1) is 11.7. The summed E-state index contributed by atoms with van der Waals surface area (Å²) in [6.07, 6.45) is 2.22. The molecule has 2 unspecified atom stereocenters. The van der Waals surface area contributed by atoms with E-state index in [9.17, 15) is 20.2 Å². The van der Waals surface area contributed by atoms with Crippen LogP contribution in [0.5, 0.6) is 0 Å². The lowest BCUT2D eigenvalue weighted by atomic mass is 9.69. The zero-order valence-corrected chi connectivity index (χ0v) is 14.6. The molecule has 1 aromatic carbocycles. The minimum absolute atomic E-state index is 0.104. The van der Waals surface area contributed by atoms with E-state index in [-0.39, 0.29) is 22.6 Å². The molecule has 1 fully saturated rings. The molecule has 132 valence electrons. The minimum Gasteiger partial charge on any atom is -0.313 e. The van der Waals surface area contributed by atoms with E-state index in [4.69, 9.17) is 4.84 Å². The number of oxime groups is 1. The third-order valence-corrected chi connectivity index (χ3v) is 4.61. The Hall–Kier alpha value is -2.75. The highest BCUT2D eigenvalue weighted by Crippen LogP contribution is 2.39. The monoisotopic (exact) mass is 343 g/mol. The van der Waals surface area contributed by atoms with Crippen LogP contribution in [0.4, 0.5) is 5.69 Å². The van der Waals surface area contributed by atoms with Crippen LogP contribution in [0.3, 0.4) is 0 Å². The molecule has 0 amide bonds. The number of benzene rings is 1. The molecule has 1 saturated carbocycles. The summed E-state index contributed by atoms with van der Waals surface area (Å²) in [6.45, 7) is 6.47. The lowest BCUT2D eigenvalue weighted by Crippen LogP contribution is -2.31. The normalized spacial score (nSPS) is 22.2. The highest BCUT2D eigenvalue weighted by atomic mass is 16.7. The summed E-state index contributed by atoms with van der Waals surface area (Å²) in [4.78, 5) is 27.0. The van der Waals surface area contributed by atoms with Crippen LogP contribution >= 0.6 is 0 Å². The minimum atomic E-state index is -0.697. The second kappa shape index (κ2) is 7.43. The maximum atomic E-state index is 12.0. The molecular formula is C18H21N3O4. The maximum absolute atomic E-state index is 12.0. The van der Waals surface area contributed by atoms with Gasteiger partial charge in [0, 0.05) is 12.1 Å². The van der Waals surface area contributed by atoms with E-state index in [2.05, 4.69) is 32.0 Å². The van der Waals surface area contributed by atoms with E-state index in [1.54, 1.807) is 0 Å². The van der Waals surface area contributed by atoms with Gasteiger partial charge in [0.05, 0.1) is 28.2 Å². The fraction of sp³-hybridized carbons (Fsp3) is 0.500. The first-order valence-electron chi connectivity index (χ1n) is 8.14. The topological polar surface area (TPSA) is 106 Å². The highest BCUT2D eigenvalue weighted by Gasteiger charge is 2.34. The molecule has 1 aliphatic carbocycles. The van der Waals surface area contributed by atoms with Crippen molar-refractivity contribution in [1.29, 1.82) is 5.26 Å². The average Bonchev–Trinajstić information content (AvgIpc) is 2.58. The summed E-state index contributed by atoms with van der Waals surface area (Å²) in [5, 5.41) is 23.9. The van der Waals surface area contributed by atoms with Crippen molar-refractivity contribution in [3.63, 3.8) is 0 Å². The molecule has 0 aromatic heterocycles. The van der Waals surface area contributed by atoms with Gasteiger partial charge in [-0.3, -0.25) is 10.1 Å². The van der Waals surface area contributed by atoms with Crippen molar-refractivity contribution in [3.05, 3.63) is 39.9 Å². The van der Waals surface area contributed by atoms with Crippen LogP contribution in [0, 0.1) is 38.7 Å². The van der Waals surface area contributed by atoms with Gasteiger partial charge in [-0.25, -0.2) is 4.79 Å². The third-order valence-electron chi connectivity index (χ3n) is 4.61. The summed E-state index contributed by atoms with van der Waals surface area (Å²) < 4.78 is 0. The molecule has 0 heterocycles. The molecule has 0 N–H and O–H groups in total. The van der Waals surface area contributed by atoms with Crippen LogP contribution < -0.4 is 0 Å². The van der Waals surface area contributed by atoms with Crippen molar-refractivity contribution in [2.45, 2.75) is 40.0 Å². The number of carbonyl (C=O) groups is 1. The molecule has 25 heavy (non-hydrogen) atoms. The molecule has 7 heteroatoms. The van der Waals surface area contributed by atoms with Crippen molar-refractivity contribution < 1.29 is 14.6 Å². The molecule has 0 bridgehead atoms. The molecule has 0 saturated heterocycles. The van der Waals surface area contributed by atoms with Crippen LogP contribution in [0.15, 0.2) is 29.4 Å². The SMILES string of the molecule is CC(C)(C)C1CC/C(=N/OC(=O)c2ccc([N+](=O)[O-])cc2)C(C#N)C1. The predicted molar refractivity (Wildman–Crippen MR) is 91.8 cm³/mol. The van der Waals surface area contributed by atoms with Gasteiger partial charge >= 0.3 is 5.97 Å². The van der Waals surface area contributed by atoms with E-state index in [0.29, 0.717) is 24.5 Å². The number of nitriles is 1. The number of nitro groups is 1. The first-order valence-corrected chi connectivity index (χ1v) is 8.14. The lowest BCUT2D eigenvalue weighted by Gasteiger charge is -2.35. The Morgan fingerprint density at radius 3 is 2.52 bits per heavy atom. The number of hydrogen-bond acceptors (Lipinski definition) is 6. The fourth-order valence-corrected chi connectivity index (χ4v) is 2.93. The molecular weight excluding hydrogens is 322 g/mol. The standard InChI is InChI=1S/C18H21N3O4/c1-18(2,3)14-6-9-16(13(10-14)11-19)20-25-17(22)12-4-7-15(8-5-12)21(23)24/h4-5,7-8,13-14H,6,9-10H2,1-3H3/b20-16-. The van der Waals surface area contributed by atoms with E-state index in [0.717, 1.165) is 6.42 Å². The van der Waals surface area contributed by atoms with Crippen molar-refractivity contribution >= 4 is 17.4 Å². The number of nitro benzene ring substituents is 1. The van der Waals surface area contributed by atoms with Crippen molar-refractivity contribution in [3.8, 4) is 6.07 Å². The molecule has 2 atom stereocenters. The van der Waals surface area contributed by atoms with E-state index >= 15 is 0 Å². The zero-order valence-electron chi connectivity index (χ0n) is 14.6. The van der Waals surface area contributed by atoms with E-state index in [1.165, 1.54) is 24.3 Å². The van der Waals surface area contributed by atoms with E-state index < -0.39 is 10.9 Å². The van der Waals surface area contributed by atoms with Gasteiger partial charge < -0.3 is 4.84 Å². The Morgan fingerprint density at radius 2 is 2.00 bits per heavy atom. The number of non-ortho nitro benzene ring substituents is 1. The fourth-order valence-electron chi connectivity index (χ4n) is 2.93.